The highest BCUT2D eigenvalue weighted by Gasteiger charge is 2.38. The molecular weight excluding hydrogens is 329 g/mol. The Morgan fingerprint density at radius 1 is 1.21 bits per heavy atom. The van der Waals surface area contributed by atoms with Crippen molar-refractivity contribution < 1.29 is 12.8 Å². The van der Waals surface area contributed by atoms with E-state index in [1.165, 1.54) is 22.5 Å². The molecule has 0 spiro atoms. The van der Waals surface area contributed by atoms with Crippen LogP contribution in [0.2, 0.25) is 0 Å². The normalized spacial score (nSPS) is 15.2. The second kappa shape index (κ2) is 5.68. The monoisotopic (exact) mass is 345 g/mol. The number of rotatable bonds is 5. The molecule has 1 aromatic carbocycles. The van der Waals surface area contributed by atoms with Gasteiger partial charge in [0.15, 0.2) is 0 Å². The molecule has 1 aliphatic rings. The average Bonchev–Trinajstić information content (AvgIpc) is 3.33. The van der Waals surface area contributed by atoms with E-state index in [2.05, 4.69) is 4.98 Å². The maximum absolute atomic E-state index is 13.5. The van der Waals surface area contributed by atoms with Gasteiger partial charge in [-0.2, -0.15) is 4.31 Å². The van der Waals surface area contributed by atoms with Gasteiger partial charge in [-0.1, -0.05) is 12.1 Å². The molecule has 5 nitrogen and oxygen atoms in total. The number of fused-ring (bicyclic) bond motifs is 1. The van der Waals surface area contributed by atoms with Crippen LogP contribution in [0.5, 0.6) is 0 Å². The number of nitrogens with zero attached hydrogens (tertiary/aromatic N) is 3. The summed E-state index contributed by atoms with van der Waals surface area (Å²) in [7, 11) is -3.75. The van der Waals surface area contributed by atoms with Gasteiger partial charge in [-0.05, 0) is 43.2 Å². The minimum atomic E-state index is -3.75. The van der Waals surface area contributed by atoms with Crippen LogP contribution in [0.3, 0.4) is 0 Å². The van der Waals surface area contributed by atoms with Crippen molar-refractivity contribution in [3.8, 4) is 0 Å². The van der Waals surface area contributed by atoms with E-state index in [0.29, 0.717) is 0 Å². The van der Waals surface area contributed by atoms with Crippen molar-refractivity contribution in [1.82, 2.24) is 13.7 Å². The second-order valence-corrected chi connectivity index (χ2v) is 7.81. The van der Waals surface area contributed by atoms with Gasteiger partial charge < -0.3 is 4.40 Å². The van der Waals surface area contributed by atoms with E-state index in [1.807, 2.05) is 28.8 Å². The van der Waals surface area contributed by atoms with Gasteiger partial charge in [0.05, 0.1) is 23.3 Å². The summed E-state index contributed by atoms with van der Waals surface area (Å²) < 4.78 is 42.7. The van der Waals surface area contributed by atoms with E-state index in [4.69, 9.17) is 0 Å². The number of halogens is 1. The van der Waals surface area contributed by atoms with E-state index in [0.717, 1.165) is 30.2 Å². The average molecular weight is 345 g/mol. The Kier molecular flexibility index (Phi) is 3.62. The molecule has 3 aromatic rings. The lowest BCUT2D eigenvalue weighted by Gasteiger charge is -2.21. The molecule has 1 fully saturated rings. The quantitative estimate of drug-likeness (QED) is 0.714. The molecule has 124 valence electrons. The number of sulfonamides is 1. The van der Waals surface area contributed by atoms with Gasteiger partial charge in [0.25, 0.3) is 0 Å². The Labute approximate surface area is 139 Å². The van der Waals surface area contributed by atoms with Crippen molar-refractivity contribution >= 4 is 15.7 Å². The van der Waals surface area contributed by atoms with Crippen LogP contribution in [0.25, 0.3) is 5.65 Å². The highest BCUT2D eigenvalue weighted by Crippen LogP contribution is 2.33. The first kappa shape index (κ1) is 15.3. The molecule has 0 amide bonds. The number of benzene rings is 1. The molecule has 24 heavy (non-hydrogen) atoms. The SMILES string of the molecule is O=S(=O)(c1cccc(F)c1)N(Cc1cnc2ccccn12)C1CC1. The van der Waals surface area contributed by atoms with E-state index < -0.39 is 15.8 Å². The van der Waals surface area contributed by atoms with Gasteiger partial charge in [0.2, 0.25) is 10.0 Å². The van der Waals surface area contributed by atoms with E-state index >= 15 is 0 Å². The molecule has 2 aromatic heterocycles. The molecule has 0 atom stereocenters. The van der Waals surface area contributed by atoms with Gasteiger partial charge in [-0.3, -0.25) is 0 Å². The molecule has 0 saturated heterocycles. The van der Waals surface area contributed by atoms with Crippen LogP contribution in [0.1, 0.15) is 18.5 Å². The first-order chi connectivity index (χ1) is 11.6. The lowest BCUT2D eigenvalue weighted by Crippen LogP contribution is -2.33. The summed E-state index contributed by atoms with van der Waals surface area (Å²) in [6.45, 7) is 0.217. The van der Waals surface area contributed by atoms with Crippen molar-refractivity contribution in [2.24, 2.45) is 0 Å². The Morgan fingerprint density at radius 3 is 2.79 bits per heavy atom. The highest BCUT2D eigenvalue weighted by molar-refractivity contribution is 7.89. The van der Waals surface area contributed by atoms with Crippen molar-refractivity contribution in [3.05, 3.63) is 66.4 Å². The van der Waals surface area contributed by atoms with E-state index in [9.17, 15) is 12.8 Å². The first-order valence-corrected chi connectivity index (χ1v) is 9.18. The standard InChI is InChI=1S/C17H16FN3O2S/c18-13-4-3-5-16(10-13)24(22,23)21(14-7-8-14)12-15-11-19-17-6-1-2-9-20(15)17/h1-6,9-11,14H,7-8,12H2. The zero-order valence-corrected chi connectivity index (χ0v) is 13.7. The number of pyridine rings is 1. The van der Waals surface area contributed by atoms with Gasteiger partial charge in [-0.25, -0.2) is 17.8 Å². The molecule has 1 saturated carbocycles. The largest absolute Gasteiger partial charge is 0.303 e. The van der Waals surface area contributed by atoms with Gasteiger partial charge in [0.1, 0.15) is 11.5 Å². The third-order valence-electron chi connectivity index (χ3n) is 4.17. The van der Waals surface area contributed by atoms with Crippen molar-refractivity contribution in [1.29, 1.82) is 0 Å². The molecule has 2 heterocycles. The number of imidazole rings is 1. The minimum absolute atomic E-state index is 0.0109. The summed E-state index contributed by atoms with van der Waals surface area (Å²) in [5.41, 5.74) is 1.56. The lowest BCUT2D eigenvalue weighted by atomic mass is 10.4. The Hall–Kier alpha value is -2.25. The molecule has 0 N–H and O–H groups in total. The summed E-state index contributed by atoms with van der Waals surface area (Å²) in [4.78, 5) is 4.29. The summed E-state index contributed by atoms with van der Waals surface area (Å²) in [6, 6.07) is 10.8. The van der Waals surface area contributed by atoms with Crippen molar-refractivity contribution in [3.63, 3.8) is 0 Å². The van der Waals surface area contributed by atoms with Crippen molar-refractivity contribution in [2.75, 3.05) is 0 Å². The third kappa shape index (κ3) is 2.70. The Balaban J connectivity index is 1.72. The fourth-order valence-corrected chi connectivity index (χ4v) is 4.49. The van der Waals surface area contributed by atoms with Crippen LogP contribution < -0.4 is 0 Å². The van der Waals surface area contributed by atoms with Crippen LogP contribution in [0.4, 0.5) is 4.39 Å². The zero-order valence-electron chi connectivity index (χ0n) is 12.8. The minimum Gasteiger partial charge on any atom is -0.303 e. The van der Waals surface area contributed by atoms with Crippen LogP contribution in [-0.2, 0) is 16.6 Å². The Bertz CT molecular complexity index is 996. The summed E-state index contributed by atoms with van der Waals surface area (Å²) in [5, 5.41) is 0. The molecule has 0 radical (unpaired) electrons. The molecule has 1 aliphatic carbocycles. The van der Waals surface area contributed by atoms with E-state index in [-0.39, 0.29) is 17.5 Å². The number of aromatic nitrogens is 2. The fourth-order valence-electron chi connectivity index (χ4n) is 2.80. The highest BCUT2D eigenvalue weighted by atomic mass is 32.2. The number of hydrogen-bond acceptors (Lipinski definition) is 3. The smallest absolute Gasteiger partial charge is 0.243 e. The lowest BCUT2D eigenvalue weighted by molar-refractivity contribution is 0.393. The maximum atomic E-state index is 13.5. The molecule has 0 aliphatic heterocycles. The summed E-state index contributed by atoms with van der Waals surface area (Å²) in [6.07, 6.45) is 5.19. The molecular formula is C17H16FN3O2S. The molecule has 0 bridgehead atoms. The molecule has 7 heteroatoms. The predicted molar refractivity (Wildman–Crippen MR) is 87.3 cm³/mol. The van der Waals surface area contributed by atoms with Crippen LogP contribution in [0.15, 0.2) is 59.8 Å². The van der Waals surface area contributed by atoms with E-state index in [1.54, 1.807) is 6.20 Å². The topological polar surface area (TPSA) is 54.7 Å². The number of hydrogen-bond donors (Lipinski definition) is 0. The Morgan fingerprint density at radius 2 is 2.04 bits per heavy atom. The van der Waals surface area contributed by atoms with Crippen LogP contribution in [0, 0.1) is 5.82 Å². The van der Waals surface area contributed by atoms with Gasteiger partial charge >= 0.3 is 0 Å². The first-order valence-electron chi connectivity index (χ1n) is 7.74. The second-order valence-electron chi connectivity index (χ2n) is 5.92. The maximum Gasteiger partial charge on any atom is 0.243 e. The van der Waals surface area contributed by atoms with Gasteiger partial charge in [-0.15, -0.1) is 0 Å². The van der Waals surface area contributed by atoms with Crippen LogP contribution in [-0.4, -0.2) is 28.1 Å². The predicted octanol–water partition coefficient (Wildman–Crippen LogP) is 2.83. The van der Waals surface area contributed by atoms with Crippen LogP contribution >= 0.6 is 0 Å². The zero-order chi connectivity index (χ0) is 16.7. The summed E-state index contributed by atoms with van der Waals surface area (Å²) in [5.74, 6) is -0.554. The fraction of sp³-hybridized carbons (Fsp3) is 0.235. The van der Waals surface area contributed by atoms with Gasteiger partial charge in [0, 0.05) is 12.2 Å². The molecule has 0 unspecified atom stereocenters. The molecule has 4 rings (SSSR count). The third-order valence-corrected chi connectivity index (χ3v) is 6.06. The summed E-state index contributed by atoms with van der Waals surface area (Å²) >= 11 is 0. The van der Waals surface area contributed by atoms with Crippen molar-refractivity contribution in [2.45, 2.75) is 30.3 Å².